The van der Waals surface area contributed by atoms with Gasteiger partial charge >= 0.3 is 0 Å². The molecule has 0 amide bonds. The predicted octanol–water partition coefficient (Wildman–Crippen LogP) is 2.98. The molecule has 1 rings (SSSR count). The highest BCUT2D eigenvalue weighted by Crippen LogP contribution is 2.25. The van der Waals surface area contributed by atoms with Crippen molar-refractivity contribution < 1.29 is 0 Å². The van der Waals surface area contributed by atoms with E-state index in [2.05, 4.69) is 36.5 Å². The average Bonchev–Trinajstić information content (AvgIpc) is 2.63. The maximum atomic E-state index is 4.68. The fraction of sp³-hybridized carbons (Fsp3) is 0.727. The SMILES string of the molecule is CCC(CNC)c1nc(C(C)C)cs1. The van der Waals surface area contributed by atoms with Gasteiger partial charge in [-0.05, 0) is 19.4 Å². The summed E-state index contributed by atoms with van der Waals surface area (Å²) in [7, 11) is 2.00. The smallest absolute Gasteiger partial charge is 0.0971 e. The van der Waals surface area contributed by atoms with Crippen molar-refractivity contribution in [2.24, 2.45) is 0 Å². The first-order chi connectivity index (χ1) is 6.69. The zero-order valence-corrected chi connectivity index (χ0v) is 10.3. The van der Waals surface area contributed by atoms with Gasteiger partial charge in [0.1, 0.15) is 0 Å². The zero-order valence-electron chi connectivity index (χ0n) is 9.50. The molecule has 0 aliphatic carbocycles. The van der Waals surface area contributed by atoms with Crippen molar-refractivity contribution in [1.82, 2.24) is 10.3 Å². The highest BCUT2D eigenvalue weighted by atomic mass is 32.1. The van der Waals surface area contributed by atoms with Crippen LogP contribution in [0.1, 0.15) is 49.7 Å². The summed E-state index contributed by atoms with van der Waals surface area (Å²) in [6, 6.07) is 0. The summed E-state index contributed by atoms with van der Waals surface area (Å²) in [5.74, 6) is 1.13. The van der Waals surface area contributed by atoms with E-state index >= 15 is 0 Å². The van der Waals surface area contributed by atoms with Gasteiger partial charge < -0.3 is 5.32 Å². The highest BCUT2D eigenvalue weighted by Gasteiger charge is 2.13. The van der Waals surface area contributed by atoms with E-state index in [0.29, 0.717) is 11.8 Å². The molecule has 0 spiro atoms. The van der Waals surface area contributed by atoms with Crippen LogP contribution in [0.3, 0.4) is 0 Å². The standard InChI is InChI=1S/C11H20N2S/c1-5-9(6-12-4)11-13-10(7-14-11)8(2)3/h7-9,12H,5-6H2,1-4H3. The Kier molecular flexibility index (Phi) is 4.55. The van der Waals surface area contributed by atoms with E-state index in [1.807, 2.05) is 7.05 Å². The molecule has 1 N–H and O–H groups in total. The maximum absolute atomic E-state index is 4.68. The Hall–Kier alpha value is -0.410. The van der Waals surface area contributed by atoms with Gasteiger partial charge in [-0.15, -0.1) is 11.3 Å². The number of aromatic nitrogens is 1. The lowest BCUT2D eigenvalue weighted by molar-refractivity contribution is 0.605. The summed E-state index contributed by atoms with van der Waals surface area (Å²) in [4.78, 5) is 4.68. The van der Waals surface area contributed by atoms with E-state index < -0.39 is 0 Å². The molecule has 14 heavy (non-hydrogen) atoms. The second-order valence-electron chi connectivity index (χ2n) is 3.93. The molecule has 1 atom stereocenters. The van der Waals surface area contributed by atoms with Crippen molar-refractivity contribution >= 4 is 11.3 Å². The monoisotopic (exact) mass is 212 g/mol. The largest absolute Gasteiger partial charge is 0.319 e. The van der Waals surface area contributed by atoms with Crippen LogP contribution in [0, 0.1) is 0 Å². The third-order valence-electron chi connectivity index (χ3n) is 2.42. The van der Waals surface area contributed by atoms with E-state index in [-0.39, 0.29) is 0 Å². The third kappa shape index (κ3) is 2.79. The van der Waals surface area contributed by atoms with Gasteiger partial charge in [0.2, 0.25) is 0 Å². The molecule has 0 aromatic carbocycles. The fourth-order valence-corrected chi connectivity index (χ4v) is 2.57. The molecule has 0 aliphatic heterocycles. The summed E-state index contributed by atoms with van der Waals surface area (Å²) >= 11 is 1.80. The van der Waals surface area contributed by atoms with Crippen LogP contribution >= 0.6 is 11.3 Å². The molecular formula is C11H20N2S. The first-order valence-corrected chi connectivity index (χ1v) is 6.16. The van der Waals surface area contributed by atoms with Gasteiger partial charge in [-0.3, -0.25) is 0 Å². The topological polar surface area (TPSA) is 24.9 Å². The molecule has 1 heterocycles. The Morgan fingerprint density at radius 3 is 2.64 bits per heavy atom. The molecule has 0 saturated carbocycles. The van der Waals surface area contributed by atoms with E-state index in [1.165, 1.54) is 10.7 Å². The van der Waals surface area contributed by atoms with Crippen molar-refractivity contribution in [3.63, 3.8) is 0 Å². The first-order valence-electron chi connectivity index (χ1n) is 5.28. The molecule has 80 valence electrons. The van der Waals surface area contributed by atoms with Gasteiger partial charge in [0.05, 0.1) is 10.7 Å². The molecule has 0 radical (unpaired) electrons. The second kappa shape index (κ2) is 5.47. The normalized spacial score (nSPS) is 13.5. The number of nitrogens with one attached hydrogen (secondary N) is 1. The van der Waals surface area contributed by atoms with Gasteiger partial charge in [-0.1, -0.05) is 20.8 Å². The summed E-state index contributed by atoms with van der Waals surface area (Å²) in [5, 5.41) is 6.70. The molecule has 1 aromatic rings. The molecule has 0 saturated heterocycles. The lowest BCUT2D eigenvalue weighted by Crippen LogP contribution is -2.16. The lowest BCUT2D eigenvalue weighted by atomic mass is 10.1. The summed E-state index contributed by atoms with van der Waals surface area (Å²) in [5.41, 5.74) is 1.24. The molecule has 2 nitrogen and oxygen atoms in total. The Morgan fingerprint density at radius 2 is 2.21 bits per heavy atom. The Bertz CT molecular complexity index is 268. The van der Waals surface area contributed by atoms with Crippen molar-refractivity contribution in [2.75, 3.05) is 13.6 Å². The Labute approximate surface area is 90.8 Å². The van der Waals surface area contributed by atoms with Crippen LogP contribution < -0.4 is 5.32 Å². The van der Waals surface area contributed by atoms with E-state index in [9.17, 15) is 0 Å². The lowest BCUT2D eigenvalue weighted by Gasteiger charge is -2.10. The maximum Gasteiger partial charge on any atom is 0.0971 e. The van der Waals surface area contributed by atoms with Crippen molar-refractivity contribution in [1.29, 1.82) is 0 Å². The van der Waals surface area contributed by atoms with E-state index in [4.69, 9.17) is 0 Å². The minimum absolute atomic E-state index is 0.548. The van der Waals surface area contributed by atoms with Crippen molar-refractivity contribution in [3.05, 3.63) is 16.1 Å². The fourth-order valence-electron chi connectivity index (χ4n) is 1.41. The van der Waals surface area contributed by atoms with Crippen LogP contribution in [-0.4, -0.2) is 18.6 Å². The van der Waals surface area contributed by atoms with E-state index in [1.54, 1.807) is 11.3 Å². The van der Waals surface area contributed by atoms with Gasteiger partial charge in [0.25, 0.3) is 0 Å². The van der Waals surface area contributed by atoms with Gasteiger partial charge in [0, 0.05) is 17.8 Å². The van der Waals surface area contributed by atoms with Crippen molar-refractivity contribution in [2.45, 2.75) is 39.0 Å². The summed E-state index contributed by atoms with van der Waals surface area (Å²) < 4.78 is 0. The van der Waals surface area contributed by atoms with Crippen LogP contribution in [0.25, 0.3) is 0 Å². The quantitative estimate of drug-likeness (QED) is 0.811. The number of thiazole rings is 1. The number of hydrogen-bond acceptors (Lipinski definition) is 3. The van der Waals surface area contributed by atoms with Gasteiger partial charge in [0.15, 0.2) is 0 Å². The first kappa shape index (κ1) is 11.7. The van der Waals surface area contributed by atoms with Crippen LogP contribution in [0.15, 0.2) is 5.38 Å². The minimum atomic E-state index is 0.548. The van der Waals surface area contributed by atoms with Crippen LogP contribution in [0.5, 0.6) is 0 Å². The molecular weight excluding hydrogens is 192 g/mol. The average molecular weight is 212 g/mol. The predicted molar refractivity (Wildman–Crippen MR) is 63.2 cm³/mol. The molecule has 0 aliphatic rings. The Balaban J connectivity index is 2.73. The number of nitrogens with zero attached hydrogens (tertiary/aromatic N) is 1. The highest BCUT2D eigenvalue weighted by molar-refractivity contribution is 7.09. The molecule has 1 unspecified atom stereocenters. The third-order valence-corrected chi connectivity index (χ3v) is 3.45. The number of hydrogen-bond donors (Lipinski definition) is 1. The molecule has 0 bridgehead atoms. The summed E-state index contributed by atoms with van der Waals surface area (Å²) in [6.45, 7) is 7.63. The molecule has 3 heteroatoms. The van der Waals surface area contributed by atoms with Crippen LogP contribution in [-0.2, 0) is 0 Å². The minimum Gasteiger partial charge on any atom is -0.319 e. The van der Waals surface area contributed by atoms with Crippen LogP contribution in [0.4, 0.5) is 0 Å². The van der Waals surface area contributed by atoms with Crippen molar-refractivity contribution in [3.8, 4) is 0 Å². The second-order valence-corrected chi connectivity index (χ2v) is 4.82. The van der Waals surface area contributed by atoms with Crippen LogP contribution in [0.2, 0.25) is 0 Å². The van der Waals surface area contributed by atoms with Gasteiger partial charge in [-0.25, -0.2) is 4.98 Å². The van der Waals surface area contributed by atoms with Gasteiger partial charge in [-0.2, -0.15) is 0 Å². The van der Waals surface area contributed by atoms with E-state index in [0.717, 1.165) is 13.0 Å². The number of rotatable bonds is 5. The molecule has 1 aromatic heterocycles. The zero-order chi connectivity index (χ0) is 10.6. The number of likely N-dealkylation sites (N-methyl/N-ethyl adjacent to an activating group) is 1. The molecule has 0 fully saturated rings. The Morgan fingerprint density at radius 1 is 1.50 bits per heavy atom. The summed E-state index contributed by atoms with van der Waals surface area (Å²) in [6.07, 6.45) is 1.16.